The highest BCUT2D eigenvalue weighted by Crippen LogP contribution is 2.39. The van der Waals surface area contributed by atoms with Crippen molar-refractivity contribution in [3.63, 3.8) is 0 Å². The van der Waals surface area contributed by atoms with Crippen molar-refractivity contribution >= 4 is 29.4 Å². The van der Waals surface area contributed by atoms with Crippen molar-refractivity contribution in [2.45, 2.75) is 57.9 Å². The zero-order chi connectivity index (χ0) is 34.8. The van der Waals surface area contributed by atoms with Crippen LogP contribution in [0.5, 0.6) is 0 Å². The number of benzene rings is 3. The Balaban J connectivity index is 0. The van der Waals surface area contributed by atoms with Gasteiger partial charge in [0.1, 0.15) is 6.04 Å². The number of nitrogens with zero attached hydrogens (tertiary/aromatic N) is 2. The molecule has 3 aromatic carbocycles. The molecule has 0 unspecified atom stereocenters. The highest BCUT2D eigenvalue weighted by Gasteiger charge is 2.33. The molecule has 49 heavy (non-hydrogen) atoms. The Kier molecular flexibility index (Phi) is 14.7. The van der Waals surface area contributed by atoms with E-state index in [0.717, 1.165) is 60.6 Å². The third-order valence-electron chi connectivity index (χ3n) is 8.51. The van der Waals surface area contributed by atoms with Crippen molar-refractivity contribution in [2.24, 2.45) is 11.8 Å². The lowest BCUT2D eigenvalue weighted by atomic mass is 9.84. The highest BCUT2D eigenvalue weighted by molar-refractivity contribution is 5.98. The van der Waals surface area contributed by atoms with Gasteiger partial charge in [0.2, 0.25) is 11.8 Å². The van der Waals surface area contributed by atoms with Gasteiger partial charge in [0, 0.05) is 38.9 Å². The van der Waals surface area contributed by atoms with E-state index in [1.807, 2.05) is 78.9 Å². The molecular weight excluding hydrogens is 614 g/mol. The van der Waals surface area contributed by atoms with Crippen LogP contribution in [0.2, 0.25) is 0 Å². The summed E-state index contributed by atoms with van der Waals surface area (Å²) in [4.78, 5) is 36.9. The van der Waals surface area contributed by atoms with Gasteiger partial charge in [0.15, 0.2) is 5.82 Å². The topological polar surface area (TPSA) is 137 Å². The van der Waals surface area contributed by atoms with Gasteiger partial charge in [-0.1, -0.05) is 85.8 Å². The summed E-state index contributed by atoms with van der Waals surface area (Å²) in [6, 6.07) is 30.2. The van der Waals surface area contributed by atoms with E-state index >= 15 is 0 Å². The average Bonchev–Trinajstić information content (AvgIpc) is 3.97. The second kappa shape index (κ2) is 19.7. The third-order valence-corrected chi connectivity index (χ3v) is 8.51. The SMILES string of the molecule is CCCNC[C@@H](CCc1ccccc1NC(=O)[C@@H](NC(C)=O)C(c1ccccc1)c1ccccc1)C1CC1.CNC(=O)Nc1cccnn1.[HH].[HH].[HH].[HH].[HH]. The van der Waals surface area contributed by atoms with Crippen LogP contribution in [-0.4, -0.2) is 54.2 Å². The number of carbonyl (C=O) groups is 3. The van der Waals surface area contributed by atoms with Crippen molar-refractivity contribution in [3.05, 3.63) is 120 Å². The number of rotatable bonds is 15. The molecule has 10 heteroatoms. The molecule has 10 nitrogen and oxygen atoms in total. The van der Waals surface area contributed by atoms with Crippen LogP contribution in [0.1, 0.15) is 69.3 Å². The zero-order valence-electron chi connectivity index (χ0n) is 28.7. The lowest BCUT2D eigenvalue weighted by Gasteiger charge is -2.28. The minimum absolute atomic E-state index is 0. The first-order valence-electron chi connectivity index (χ1n) is 17.1. The zero-order valence-corrected chi connectivity index (χ0v) is 28.7. The molecule has 4 aromatic rings. The number of urea groups is 1. The maximum absolute atomic E-state index is 13.9. The Morgan fingerprint density at radius 2 is 1.51 bits per heavy atom. The number of amides is 4. The van der Waals surface area contributed by atoms with E-state index in [2.05, 4.69) is 49.8 Å². The molecule has 1 aliphatic carbocycles. The predicted octanol–water partition coefficient (Wildman–Crippen LogP) is 7.38. The van der Waals surface area contributed by atoms with E-state index in [1.54, 1.807) is 12.1 Å². The monoisotopic (exact) mass is 673 g/mol. The molecule has 1 fully saturated rings. The van der Waals surface area contributed by atoms with Gasteiger partial charge in [0.25, 0.3) is 0 Å². The van der Waals surface area contributed by atoms with Crippen molar-refractivity contribution in [3.8, 4) is 0 Å². The van der Waals surface area contributed by atoms with Crippen LogP contribution in [0.15, 0.2) is 103 Å². The van der Waals surface area contributed by atoms with E-state index in [4.69, 9.17) is 0 Å². The summed E-state index contributed by atoms with van der Waals surface area (Å²) >= 11 is 0. The van der Waals surface area contributed by atoms with Gasteiger partial charge in [-0.15, -0.1) is 5.10 Å². The normalized spacial score (nSPS) is 13.3. The molecule has 0 radical (unpaired) electrons. The number of anilines is 2. The van der Waals surface area contributed by atoms with Crippen molar-refractivity contribution in [2.75, 3.05) is 30.8 Å². The summed E-state index contributed by atoms with van der Waals surface area (Å²) in [5.74, 6) is 1.15. The molecule has 0 spiro atoms. The molecule has 0 saturated heterocycles. The first-order chi connectivity index (χ1) is 23.9. The van der Waals surface area contributed by atoms with Crippen LogP contribution in [0, 0.1) is 11.8 Å². The molecule has 1 saturated carbocycles. The molecule has 5 N–H and O–H groups in total. The minimum Gasteiger partial charge on any atom is -0.344 e. The number of hydrogen-bond donors (Lipinski definition) is 5. The average molecular weight is 674 g/mol. The number of hydrogen-bond acceptors (Lipinski definition) is 6. The molecular formula is C39H59N7O3. The van der Waals surface area contributed by atoms with Gasteiger partial charge < -0.3 is 21.3 Å². The fourth-order valence-electron chi connectivity index (χ4n) is 5.91. The van der Waals surface area contributed by atoms with Gasteiger partial charge >= 0.3 is 6.03 Å². The molecule has 0 bridgehead atoms. The number of para-hydroxylation sites is 1. The Hall–Kier alpha value is -5.09. The summed E-state index contributed by atoms with van der Waals surface area (Å²) in [5.41, 5.74) is 3.92. The Morgan fingerprint density at radius 3 is 2.08 bits per heavy atom. The summed E-state index contributed by atoms with van der Waals surface area (Å²) in [6.07, 6.45) is 7.35. The molecule has 2 atom stereocenters. The van der Waals surface area contributed by atoms with Gasteiger partial charge in [-0.2, -0.15) is 5.10 Å². The van der Waals surface area contributed by atoms with Crippen LogP contribution in [0.4, 0.5) is 16.3 Å². The number of aromatic nitrogens is 2. The lowest BCUT2D eigenvalue weighted by molar-refractivity contribution is -0.125. The Labute approximate surface area is 297 Å². The van der Waals surface area contributed by atoms with Gasteiger partial charge in [-0.25, -0.2) is 4.79 Å². The van der Waals surface area contributed by atoms with Gasteiger partial charge in [0.05, 0.1) is 0 Å². The fraction of sp³-hybridized carbons (Fsp3) is 0.359. The van der Waals surface area contributed by atoms with Crippen molar-refractivity contribution < 1.29 is 21.5 Å². The van der Waals surface area contributed by atoms with Crippen LogP contribution in [0.3, 0.4) is 0 Å². The molecule has 1 aliphatic rings. The second-order valence-corrected chi connectivity index (χ2v) is 12.3. The second-order valence-electron chi connectivity index (χ2n) is 12.3. The highest BCUT2D eigenvalue weighted by atomic mass is 16.2. The van der Waals surface area contributed by atoms with Crippen LogP contribution >= 0.6 is 0 Å². The summed E-state index contributed by atoms with van der Waals surface area (Å²) in [7, 11) is 1.53. The largest absolute Gasteiger partial charge is 0.344 e. The summed E-state index contributed by atoms with van der Waals surface area (Å²) in [6.45, 7) is 5.79. The summed E-state index contributed by atoms with van der Waals surface area (Å²) < 4.78 is 0. The standard InChI is InChI=1S/C33H41N3O2.C6H8N4O.5H2/c1-3-22-34-23-29(25-18-19-25)21-20-26-12-10-11-17-30(26)36-33(38)32(35-24(2)37)31(27-13-6-4-7-14-27)28-15-8-5-9-16-28;1-7-6(11)9-5-3-2-4-8-10-5;;;;;/h4-17,25,29,31-32,34H,3,18-23H2,1-2H3,(H,35,37)(H,36,38);2-4H,1H3,(H2,7,9,10,11);5*1H/t29-,32+;;;;;;/m1....../s1. The quantitative estimate of drug-likeness (QED) is 0.0836. The van der Waals surface area contributed by atoms with Gasteiger partial charge in [-0.05, 0) is 91.9 Å². The lowest BCUT2D eigenvalue weighted by Crippen LogP contribution is -2.47. The fourth-order valence-corrected chi connectivity index (χ4v) is 5.91. The molecule has 268 valence electrons. The Bertz CT molecular complexity index is 1570. The number of aryl methyl sites for hydroxylation is 1. The maximum atomic E-state index is 13.9. The maximum Gasteiger partial charge on any atom is 0.320 e. The van der Waals surface area contributed by atoms with Crippen LogP contribution in [0.25, 0.3) is 0 Å². The van der Waals surface area contributed by atoms with E-state index in [9.17, 15) is 14.4 Å². The Morgan fingerprint density at radius 1 is 0.857 bits per heavy atom. The minimum atomic E-state index is -0.761. The van der Waals surface area contributed by atoms with E-state index in [-0.39, 0.29) is 30.9 Å². The first kappa shape index (κ1) is 36.7. The van der Waals surface area contributed by atoms with E-state index in [1.165, 1.54) is 33.0 Å². The number of nitrogens with one attached hydrogen (secondary N) is 5. The summed E-state index contributed by atoms with van der Waals surface area (Å²) in [5, 5.41) is 21.8. The van der Waals surface area contributed by atoms with Gasteiger partial charge in [-0.3, -0.25) is 14.9 Å². The van der Waals surface area contributed by atoms with Crippen molar-refractivity contribution in [1.82, 2.24) is 26.1 Å². The molecule has 1 aromatic heterocycles. The van der Waals surface area contributed by atoms with Crippen LogP contribution in [-0.2, 0) is 16.0 Å². The molecule has 1 heterocycles. The first-order valence-corrected chi connectivity index (χ1v) is 17.1. The van der Waals surface area contributed by atoms with E-state index in [0.29, 0.717) is 11.7 Å². The number of carbonyl (C=O) groups excluding carboxylic acids is 3. The molecule has 5 rings (SSSR count). The molecule has 0 aliphatic heterocycles. The predicted molar refractivity (Wildman–Crippen MR) is 206 cm³/mol. The van der Waals surface area contributed by atoms with E-state index < -0.39 is 6.04 Å². The third kappa shape index (κ3) is 12.1. The van der Waals surface area contributed by atoms with Crippen LogP contribution < -0.4 is 26.6 Å². The van der Waals surface area contributed by atoms with Crippen molar-refractivity contribution in [1.29, 1.82) is 0 Å². The smallest absolute Gasteiger partial charge is 0.320 e. The molecule has 4 amide bonds.